The summed E-state index contributed by atoms with van der Waals surface area (Å²) >= 11 is 0. The molecule has 1 saturated carbocycles. The Morgan fingerprint density at radius 3 is 2.22 bits per heavy atom. The van der Waals surface area contributed by atoms with Crippen molar-refractivity contribution in [3.63, 3.8) is 0 Å². The third kappa shape index (κ3) is 10.8. The second-order valence-electron chi connectivity index (χ2n) is 7.50. The molecule has 136 valence electrons. The van der Waals surface area contributed by atoms with Gasteiger partial charge < -0.3 is 4.74 Å². The van der Waals surface area contributed by atoms with Gasteiger partial charge in [0, 0.05) is 6.42 Å². The molecule has 0 aromatic rings. The summed E-state index contributed by atoms with van der Waals surface area (Å²) in [6.07, 6.45) is 19.7. The second-order valence-corrected chi connectivity index (χ2v) is 7.50. The van der Waals surface area contributed by atoms with E-state index in [0.29, 0.717) is 6.42 Å². The van der Waals surface area contributed by atoms with Gasteiger partial charge in [0.2, 0.25) is 0 Å². The lowest BCUT2D eigenvalue weighted by Gasteiger charge is -2.18. The Labute approximate surface area is 144 Å². The fraction of sp³-hybridized carbons (Fsp3) is 0.952. The van der Waals surface area contributed by atoms with Crippen molar-refractivity contribution in [1.29, 1.82) is 0 Å². The maximum Gasteiger partial charge on any atom is 0.306 e. The van der Waals surface area contributed by atoms with E-state index in [0.717, 1.165) is 31.6 Å². The zero-order chi connectivity index (χ0) is 16.8. The third-order valence-corrected chi connectivity index (χ3v) is 5.27. The minimum atomic E-state index is 0.0540. The van der Waals surface area contributed by atoms with Crippen LogP contribution in [0.4, 0.5) is 0 Å². The van der Waals surface area contributed by atoms with Gasteiger partial charge in [-0.05, 0) is 31.6 Å². The molecule has 0 N–H and O–H groups in total. The summed E-state index contributed by atoms with van der Waals surface area (Å²) < 4.78 is 5.76. The zero-order valence-corrected chi connectivity index (χ0v) is 15.8. The summed E-state index contributed by atoms with van der Waals surface area (Å²) in [5.41, 5.74) is 0. The summed E-state index contributed by atoms with van der Waals surface area (Å²) in [5.74, 6) is 0.841. The van der Waals surface area contributed by atoms with Crippen LogP contribution in [0, 0.1) is 5.92 Å². The molecule has 2 heteroatoms. The third-order valence-electron chi connectivity index (χ3n) is 5.27. The van der Waals surface area contributed by atoms with E-state index < -0.39 is 0 Å². The first-order chi connectivity index (χ1) is 11.3. The molecule has 1 atom stereocenters. The van der Waals surface area contributed by atoms with Crippen LogP contribution in [0.15, 0.2) is 0 Å². The molecule has 0 aromatic heterocycles. The molecule has 0 aromatic carbocycles. The molecule has 1 aliphatic rings. The zero-order valence-electron chi connectivity index (χ0n) is 15.8. The second kappa shape index (κ2) is 13.9. The lowest BCUT2D eigenvalue weighted by Crippen LogP contribution is -2.18. The Balaban J connectivity index is 2.08. The minimum absolute atomic E-state index is 0.0540. The largest absolute Gasteiger partial charge is 0.462 e. The number of esters is 1. The molecule has 0 bridgehead atoms. The van der Waals surface area contributed by atoms with Gasteiger partial charge >= 0.3 is 5.97 Å². The van der Waals surface area contributed by atoms with E-state index in [9.17, 15) is 4.79 Å². The minimum Gasteiger partial charge on any atom is -0.462 e. The van der Waals surface area contributed by atoms with Crippen LogP contribution < -0.4 is 0 Å². The predicted molar refractivity (Wildman–Crippen MR) is 98.6 cm³/mol. The Morgan fingerprint density at radius 2 is 1.57 bits per heavy atom. The maximum absolute atomic E-state index is 12.1. The quantitative estimate of drug-likeness (QED) is 0.259. The first-order valence-corrected chi connectivity index (χ1v) is 10.5. The topological polar surface area (TPSA) is 26.3 Å². The van der Waals surface area contributed by atoms with E-state index in [4.69, 9.17) is 4.74 Å². The highest BCUT2D eigenvalue weighted by Crippen LogP contribution is 2.28. The maximum atomic E-state index is 12.1. The van der Waals surface area contributed by atoms with Crippen LogP contribution >= 0.6 is 0 Å². The van der Waals surface area contributed by atoms with Gasteiger partial charge in [-0.25, -0.2) is 0 Å². The molecule has 0 radical (unpaired) electrons. The van der Waals surface area contributed by atoms with E-state index in [2.05, 4.69) is 13.8 Å². The van der Waals surface area contributed by atoms with Gasteiger partial charge in [0.25, 0.3) is 0 Å². The predicted octanol–water partition coefficient (Wildman–Crippen LogP) is 6.81. The van der Waals surface area contributed by atoms with Crippen molar-refractivity contribution in [2.75, 3.05) is 0 Å². The van der Waals surface area contributed by atoms with Crippen LogP contribution in [0.25, 0.3) is 0 Å². The Morgan fingerprint density at radius 1 is 0.913 bits per heavy atom. The lowest BCUT2D eigenvalue weighted by molar-refractivity contribution is -0.150. The smallest absolute Gasteiger partial charge is 0.306 e. The summed E-state index contributed by atoms with van der Waals surface area (Å²) in [6, 6.07) is 0. The van der Waals surface area contributed by atoms with Gasteiger partial charge in [0.15, 0.2) is 0 Å². The molecular formula is C21H40O2. The van der Waals surface area contributed by atoms with E-state index in [-0.39, 0.29) is 12.1 Å². The average molecular weight is 325 g/mol. The Hall–Kier alpha value is -0.530. The summed E-state index contributed by atoms with van der Waals surface area (Å²) in [7, 11) is 0. The van der Waals surface area contributed by atoms with E-state index >= 15 is 0 Å². The van der Waals surface area contributed by atoms with Crippen LogP contribution in [0.3, 0.4) is 0 Å². The van der Waals surface area contributed by atoms with Crippen molar-refractivity contribution >= 4 is 5.97 Å². The van der Waals surface area contributed by atoms with Gasteiger partial charge in [-0.1, -0.05) is 84.5 Å². The molecule has 23 heavy (non-hydrogen) atoms. The van der Waals surface area contributed by atoms with Crippen molar-refractivity contribution in [1.82, 2.24) is 0 Å². The van der Waals surface area contributed by atoms with Crippen molar-refractivity contribution in [2.24, 2.45) is 5.92 Å². The first kappa shape index (κ1) is 20.5. The first-order valence-electron chi connectivity index (χ1n) is 10.5. The molecule has 0 amide bonds. The van der Waals surface area contributed by atoms with E-state index in [1.54, 1.807) is 0 Å². The number of hydrogen-bond donors (Lipinski definition) is 0. The molecule has 1 unspecified atom stereocenters. The monoisotopic (exact) mass is 324 g/mol. The van der Waals surface area contributed by atoms with Gasteiger partial charge in [0.1, 0.15) is 6.10 Å². The summed E-state index contributed by atoms with van der Waals surface area (Å²) in [4.78, 5) is 12.1. The van der Waals surface area contributed by atoms with Crippen LogP contribution in [0.2, 0.25) is 0 Å². The molecule has 0 spiro atoms. The summed E-state index contributed by atoms with van der Waals surface area (Å²) in [5, 5.41) is 0. The highest BCUT2D eigenvalue weighted by Gasteiger charge is 2.18. The van der Waals surface area contributed by atoms with Gasteiger partial charge in [-0.2, -0.15) is 0 Å². The lowest BCUT2D eigenvalue weighted by atomic mass is 10.0. The van der Waals surface area contributed by atoms with E-state index in [1.165, 1.54) is 70.6 Å². The Kier molecular flexibility index (Phi) is 12.4. The molecule has 0 saturated heterocycles. The fourth-order valence-corrected chi connectivity index (χ4v) is 3.78. The standard InChI is InChI=1S/C21H40O2/c1-3-5-6-7-8-9-10-16-20(13-4-2)23-21(22)18-17-19-14-11-12-15-19/h19-20H,3-18H2,1-2H3. The number of rotatable bonds is 14. The summed E-state index contributed by atoms with van der Waals surface area (Å²) in [6.45, 7) is 4.44. The van der Waals surface area contributed by atoms with Gasteiger partial charge in [-0.15, -0.1) is 0 Å². The SMILES string of the molecule is CCCCCCCCCC(CCC)OC(=O)CCC1CCCC1. The molecular weight excluding hydrogens is 284 g/mol. The molecule has 1 aliphatic carbocycles. The van der Waals surface area contributed by atoms with Gasteiger partial charge in [0.05, 0.1) is 0 Å². The number of carbonyl (C=O) groups excluding carboxylic acids is 1. The van der Waals surface area contributed by atoms with Crippen molar-refractivity contribution in [3.8, 4) is 0 Å². The van der Waals surface area contributed by atoms with Crippen molar-refractivity contribution in [3.05, 3.63) is 0 Å². The van der Waals surface area contributed by atoms with Crippen LogP contribution in [-0.2, 0) is 9.53 Å². The number of hydrogen-bond acceptors (Lipinski definition) is 2. The van der Waals surface area contributed by atoms with E-state index in [1.807, 2.05) is 0 Å². The number of ether oxygens (including phenoxy) is 1. The molecule has 2 nitrogen and oxygen atoms in total. The number of unbranched alkanes of at least 4 members (excludes halogenated alkanes) is 6. The Bertz CT molecular complexity index is 282. The van der Waals surface area contributed by atoms with Crippen LogP contribution in [0.1, 0.15) is 117 Å². The molecule has 1 fully saturated rings. The van der Waals surface area contributed by atoms with Crippen molar-refractivity contribution < 1.29 is 9.53 Å². The average Bonchev–Trinajstić information content (AvgIpc) is 3.05. The van der Waals surface area contributed by atoms with Gasteiger partial charge in [-0.3, -0.25) is 4.79 Å². The number of carbonyl (C=O) groups is 1. The molecule has 0 aliphatic heterocycles. The molecule has 1 rings (SSSR count). The molecule has 0 heterocycles. The van der Waals surface area contributed by atoms with Crippen LogP contribution in [0.5, 0.6) is 0 Å². The highest BCUT2D eigenvalue weighted by atomic mass is 16.5. The van der Waals surface area contributed by atoms with Crippen molar-refractivity contribution in [2.45, 2.75) is 123 Å². The normalized spacial score (nSPS) is 16.6. The van der Waals surface area contributed by atoms with Crippen LogP contribution in [-0.4, -0.2) is 12.1 Å². The highest BCUT2D eigenvalue weighted by molar-refractivity contribution is 5.69. The fourth-order valence-electron chi connectivity index (χ4n) is 3.78.